The predicted octanol–water partition coefficient (Wildman–Crippen LogP) is 12.6. The van der Waals surface area contributed by atoms with Crippen LogP contribution < -0.4 is 35.9 Å². The highest BCUT2D eigenvalue weighted by molar-refractivity contribution is 14.1. The van der Waals surface area contributed by atoms with Crippen LogP contribution in [-0.4, -0.2) is 81.7 Å². The SMILES string of the molecule is Cc1nc2c(OCc3c(F)ccc(F)c3F)cccn2c1-c1nc(C#N)c2c(n1)NC(=O)C2(C)C.Cc1nc2c(OCc3c(F)ccc(F)c3F)cccn2c1-c1nc(I)c2c(n1)NC(=O)C2(C)C.Cc1nc2c(OCc3c(F)ccc(F)c3F)cccn2c1-c1nc2c(c(C(N)=O)n1)C(C)(C)C(=O)N2. The van der Waals surface area contributed by atoms with E-state index in [2.05, 4.69) is 83.4 Å². The average Bonchev–Trinajstić information content (AvgIpc) is 1.60. The lowest BCUT2D eigenvalue weighted by Gasteiger charge is -2.17. The predicted molar refractivity (Wildman–Crippen MR) is 366 cm³/mol. The van der Waals surface area contributed by atoms with Gasteiger partial charge in [0.1, 0.15) is 87.3 Å². The quantitative estimate of drug-likeness (QED) is 0.0361. The van der Waals surface area contributed by atoms with Crippen molar-refractivity contribution in [2.75, 3.05) is 16.0 Å². The maximum Gasteiger partial charge on any atom is 0.267 e. The number of nitrogens with one attached hydrogen (secondary N) is 3. The Balaban J connectivity index is 0.000000140. The van der Waals surface area contributed by atoms with E-state index in [1.54, 1.807) is 111 Å². The molecule has 0 fully saturated rings. The Morgan fingerprint density at radius 2 is 0.781 bits per heavy atom. The maximum atomic E-state index is 14.1. The molecule has 34 heteroatoms. The van der Waals surface area contributed by atoms with E-state index in [-0.39, 0.29) is 75.3 Å². The minimum Gasteiger partial charge on any atom is -0.485 e. The maximum absolute atomic E-state index is 14.1. The molecule has 0 saturated heterocycles. The number of hydrogen-bond acceptors (Lipinski definition) is 17. The summed E-state index contributed by atoms with van der Waals surface area (Å²) in [5.41, 5.74) is 6.42. The zero-order valence-corrected chi connectivity index (χ0v) is 58.5. The number of aromatic nitrogens is 12. The summed E-state index contributed by atoms with van der Waals surface area (Å²) in [4.78, 5) is 89.9. The van der Waals surface area contributed by atoms with Crippen LogP contribution in [0.4, 0.5) is 57.0 Å². The van der Waals surface area contributed by atoms with E-state index in [9.17, 15) is 64.0 Å². The van der Waals surface area contributed by atoms with Gasteiger partial charge in [0.25, 0.3) is 5.91 Å². The molecule has 0 atom stereocenters. The van der Waals surface area contributed by atoms with Crippen LogP contribution in [0.15, 0.2) is 91.4 Å². The Morgan fingerprint density at radius 3 is 1.14 bits per heavy atom. The van der Waals surface area contributed by atoms with Gasteiger partial charge in [0, 0.05) is 35.3 Å². The molecule has 0 bridgehead atoms. The van der Waals surface area contributed by atoms with Crippen LogP contribution >= 0.6 is 22.6 Å². The van der Waals surface area contributed by atoms with E-state index in [0.717, 1.165) is 29.8 Å². The molecular formula is C71H53F9IN17O7. The van der Waals surface area contributed by atoms with E-state index >= 15 is 0 Å². The lowest BCUT2D eigenvalue weighted by Crippen LogP contribution is -2.29. The van der Waals surface area contributed by atoms with E-state index in [1.807, 2.05) is 19.9 Å². The highest BCUT2D eigenvalue weighted by atomic mass is 127. The number of amides is 4. The molecule has 5 N–H and O–H groups in total. The molecule has 0 saturated carbocycles. The lowest BCUT2D eigenvalue weighted by atomic mass is 9.85. The van der Waals surface area contributed by atoms with Gasteiger partial charge in [0.15, 0.2) is 92.3 Å². The largest absolute Gasteiger partial charge is 0.485 e. The second kappa shape index (κ2) is 26.6. The molecule has 12 aromatic rings. The molecular weight excluding hydrogens is 1500 g/mol. The fourth-order valence-corrected chi connectivity index (χ4v) is 13.4. The van der Waals surface area contributed by atoms with Crippen LogP contribution in [-0.2, 0) is 50.4 Å². The van der Waals surface area contributed by atoms with Gasteiger partial charge < -0.3 is 35.9 Å². The first-order valence-electron chi connectivity index (χ1n) is 31.5. The van der Waals surface area contributed by atoms with Gasteiger partial charge in [-0.2, -0.15) is 5.26 Å². The number of primary amides is 1. The first-order valence-corrected chi connectivity index (χ1v) is 32.6. The van der Waals surface area contributed by atoms with Crippen LogP contribution in [0, 0.1) is 88.2 Å². The molecule has 15 rings (SSSR count). The monoisotopic (exact) mass is 1550 g/mol. The van der Waals surface area contributed by atoms with E-state index in [4.69, 9.17) is 19.9 Å². The molecule has 0 spiro atoms. The summed E-state index contributed by atoms with van der Waals surface area (Å²) in [6, 6.07) is 16.2. The molecule has 3 aliphatic heterocycles. The lowest BCUT2D eigenvalue weighted by molar-refractivity contribution is -0.120. The summed E-state index contributed by atoms with van der Waals surface area (Å²) in [5, 5.41) is 17.9. The van der Waals surface area contributed by atoms with Gasteiger partial charge in [-0.1, -0.05) is 0 Å². The number of halogens is 10. The van der Waals surface area contributed by atoms with Crippen molar-refractivity contribution in [2.45, 2.75) is 98.4 Å². The van der Waals surface area contributed by atoms with Crippen molar-refractivity contribution < 1.29 is 72.9 Å². The first kappa shape index (κ1) is 71.2. The van der Waals surface area contributed by atoms with Gasteiger partial charge in [-0.3, -0.25) is 32.4 Å². The van der Waals surface area contributed by atoms with Crippen LogP contribution in [0.2, 0.25) is 0 Å². The Hall–Kier alpha value is -12.2. The minimum atomic E-state index is -1.34. The molecule has 4 amide bonds. The minimum absolute atomic E-state index is 0.0622. The van der Waals surface area contributed by atoms with Crippen molar-refractivity contribution in [3.63, 3.8) is 0 Å². The fraction of sp³-hybridized carbons (Fsp3) is 0.211. The molecule has 3 aliphatic rings. The summed E-state index contributed by atoms with van der Waals surface area (Å²) in [7, 11) is 0. The van der Waals surface area contributed by atoms with Crippen molar-refractivity contribution in [2.24, 2.45) is 5.73 Å². The molecule has 0 aliphatic carbocycles. The van der Waals surface area contributed by atoms with Crippen molar-refractivity contribution in [3.8, 4) is 57.9 Å². The molecule has 0 radical (unpaired) electrons. The zero-order chi connectivity index (χ0) is 75.4. The first-order chi connectivity index (χ1) is 49.7. The van der Waals surface area contributed by atoms with E-state index in [0.29, 0.717) is 84.1 Å². The summed E-state index contributed by atoms with van der Waals surface area (Å²) < 4.78 is 147. The number of ether oxygens (including phenoxy) is 3. The molecule has 9 aromatic heterocycles. The second-order valence-electron chi connectivity index (χ2n) is 25.7. The normalized spacial score (nSPS) is 14.2. The third kappa shape index (κ3) is 12.3. The number of aryl methyl sites for hydroxylation is 3. The third-order valence-electron chi connectivity index (χ3n) is 17.8. The number of carbonyl (C=O) groups is 4. The molecule has 3 aromatic carbocycles. The van der Waals surface area contributed by atoms with Gasteiger partial charge in [-0.25, -0.2) is 84.4 Å². The van der Waals surface area contributed by atoms with Crippen molar-refractivity contribution in [1.29, 1.82) is 5.26 Å². The van der Waals surface area contributed by atoms with Crippen molar-refractivity contribution >= 4 is 80.6 Å². The van der Waals surface area contributed by atoms with Crippen LogP contribution in [0.5, 0.6) is 17.2 Å². The Bertz CT molecular complexity index is 5800. The van der Waals surface area contributed by atoms with Gasteiger partial charge >= 0.3 is 0 Å². The molecule has 105 heavy (non-hydrogen) atoms. The number of nitrogens with zero attached hydrogens (tertiary/aromatic N) is 13. The summed E-state index contributed by atoms with van der Waals surface area (Å²) in [5.74, 6) is -9.87. The number of fused-ring (bicyclic) bond motifs is 6. The Kier molecular flexibility index (Phi) is 18.0. The number of pyridine rings is 3. The number of rotatable bonds is 13. The molecule has 534 valence electrons. The zero-order valence-electron chi connectivity index (χ0n) is 56.3. The summed E-state index contributed by atoms with van der Waals surface area (Å²) in [6.45, 7) is 13.7. The highest BCUT2D eigenvalue weighted by Crippen LogP contribution is 2.44. The number of imidazole rings is 3. The van der Waals surface area contributed by atoms with Crippen LogP contribution in [0.25, 0.3) is 51.5 Å². The van der Waals surface area contributed by atoms with Crippen molar-refractivity contribution in [3.05, 3.63) is 209 Å². The number of anilines is 3. The second-order valence-corrected chi connectivity index (χ2v) is 26.7. The summed E-state index contributed by atoms with van der Waals surface area (Å²) in [6.07, 6.45) is 5.02. The standard InChI is InChI=1S/C24H19F3N6O3.C24H17F3N6O2.C23H17F3IN5O2/c1-10-18(21-30-17(19(28)34)15-20(31-21)32-23(35)24(15,2)3)33-8-4-5-14(22(33)29-10)36-9-11-12(25)6-7-13(26)16(11)27;1-11-19(21-30-15(9-28)17-20(31-21)32-23(34)24(17,2)3)33-8-4-5-16(22(33)29-11)35-10-12-13(25)6-7-14(26)18(12)27;1-10-17(20-29-18(27)15-19(30-20)31-22(33)23(15,2)3)32-8-4-5-14(21(32)28-10)34-9-11-12(24)6-7-13(25)16(11)26/h4-8H,9H2,1-3H3,(H2,28,34)(H,30,31,32,35);4-8H,10H2,1-3H3,(H,30,31,32,34);4-8H,9H2,1-3H3,(H,29,30,31,33). The number of benzene rings is 3. The van der Waals surface area contributed by atoms with E-state index < -0.39 is 111 Å². The Labute approximate surface area is 601 Å². The number of nitrogens with two attached hydrogens (primary N) is 1. The van der Waals surface area contributed by atoms with Gasteiger partial charge in [-0.15, -0.1) is 0 Å². The third-order valence-corrected chi connectivity index (χ3v) is 18.6. The van der Waals surface area contributed by atoms with Gasteiger partial charge in [0.2, 0.25) is 17.7 Å². The fourth-order valence-electron chi connectivity index (χ4n) is 12.2. The number of carbonyl (C=O) groups excluding carboxylic acids is 4. The van der Waals surface area contributed by atoms with E-state index in [1.165, 1.54) is 6.07 Å². The molecule has 12 heterocycles. The topological polar surface area (TPSA) is 311 Å². The Morgan fingerprint density at radius 1 is 0.467 bits per heavy atom. The average molecular weight is 1550 g/mol. The van der Waals surface area contributed by atoms with Crippen LogP contribution in [0.1, 0.15) is 108 Å². The molecule has 24 nitrogen and oxygen atoms in total. The number of nitriles is 1. The van der Waals surface area contributed by atoms with Crippen LogP contribution in [0.3, 0.4) is 0 Å². The smallest absolute Gasteiger partial charge is 0.267 e. The highest BCUT2D eigenvalue weighted by Gasteiger charge is 2.46. The molecule has 0 unspecified atom stereocenters. The summed E-state index contributed by atoms with van der Waals surface area (Å²) >= 11 is 2.08. The number of hydrogen-bond donors (Lipinski definition) is 4. The van der Waals surface area contributed by atoms with Crippen molar-refractivity contribution in [1.82, 2.24) is 58.1 Å². The van der Waals surface area contributed by atoms with Gasteiger partial charge in [0.05, 0.1) is 50.0 Å². The van der Waals surface area contributed by atoms with Gasteiger partial charge in [-0.05, 0) is 158 Å².